The Balaban J connectivity index is 1.59. The number of aliphatic hydroxyl groups excluding tert-OH is 1. The number of aliphatic hydroxyl groups is 1. The summed E-state index contributed by atoms with van der Waals surface area (Å²) in [7, 11) is 4.07. The molecule has 5 atom stereocenters. The lowest BCUT2D eigenvalue weighted by Gasteiger charge is -2.55. The molecule has 1 saturated heterocycles. The SMILES string of the molecule is COc1ccc2c(c1)C13CC(OCCO)CC[C@@H]1C1N(C)CC1(C2)C3. The number of likely N-dealkylation sites (tertiary alicyclic amines) is 1. The number of methoxy groups -OCH3 is 1. The van der Waals surface area contributed by atoms with Gasteiger partial charge < -0.3 is 19.5 Å². The van der Waals surface area contributed by atoms with Gasteiger partial charge in [0, 0.05) is 23.4 Å². The molecule has 4 heteroatoms. The van der Waals surface area contributed by atoms with Gasteiger partial charge in [-0.3, -0.25) is 0 Å². The highest BCUT2D eigenvalue weighted by atomic mass is 16.5. The maximum atomic E-state index is 9.16. The molecule has 2 bridgehead atoms. The number of fused-ring (bicyclic) bond motifs is 2. The predicted octanol–water partition coefficient (Wildman–Crippen LogP) is 2.37. The first-order valence-corrected chi connectivity index (χ1v) is 9.72. The molecular weight excluding hydrogens is 314 g/mol. The smallest absolute Gasteiger partial charge is 0.119 e. The first-order valence-electron chi connectivity index (χ1n) is 9.72. The van der Waals surface area contributed by atoms with Gasteiger partial charge in [0.25, 0.3) is 0 Å². The lowest BCUT2D eigenvalue weighted by molar-refractivity contribution is -0.0597. The number of rotatable bonds is 4. The van der Waals surface area contributed by atoms with E-state index in [2.05, 4.69) is 30.1 Å². The molecule has 3 aliphatic carbocycles. The van der Waals surface area contributed by atoms with Crippen molar-refractivity contribution in [1.82, 2.24) is 4.90 Å². The van der Waals surface area contributed by atoms with Crippen LogP contribution in [0.5, 0.6) is 5.75 Å². The molecule has 0 radical (unpaired) electrons. The van der Waals surface area contributed by atoms with E-state index in [0.29, 0.717) is 12.0 Å². The minimum Gasteiger partial charge on any atom is -0.497 e. The standard InChI is InChI=1S/C21H29NO3/c1-22-13-20-10-14-3-4-15(24-2)9-18(14)21(12-20)11-16(25-8-7-23)5-6-17(21)19(20)22/h3-4,9,16-17,19,23H,5-8,10-13H2,1-2H3/t16?,17-,19?,20?,21?/m1/s1. The summed E-state index contributed by atoms with van der Waals surface area (Å²) >= 11 is 0. The zero-order valence-electron chi connectivity index (χ0n) is 15.3. The van der Waals surface area contributed by atoms with E-state index in [1.807, 2.05) is 0 Å². The molecule has 4 aliphatic rings. The Morgan fingerprint density at radius 3 is 2.96 bits per heavy atom. The van der Waals surface area contributed by atoms with Crippen molar-refractivity contribution in [1.29, 1.82) is 0 Å². The first kappa shape index (κ1) is 16.1. The van der Waals surface area contributed by atoms with E-state index in [1.54, 1.807) is 7.11 Å². The van der Waals surface area contributed by atoms with Crippen molar-refractivity contribution in [2.45, 2.75) is 49.7 Å². The van der Waals surface area contributed by atoms with Crippen LogP contribution in [0.15, 0.2) is 18.2 Å². The lowest BCUT2D eigenvalue weighted by Crippen LogP contribution is -2.63. The normalized spacial score (nSPS) is 41.5. The average molecular weight is 343 g/mol. The molecule has 2 spiro atoms. The van der Waals surface area contributed by atoms with Crippen LogP contribution in [0.2, 0.25) is 0 Å². The highest BCUT2D eigenvalue weighted by Crippen LogP contribution is 2.69. The van der Waals surface area contributed by atoms with Crippen LogP contribution in [0.25, 0.3) is 0 Å². The van der Waals surface area contributed by atoms with Crippen LogP contribution in [-0.2, 0) is 16.6 Å². The van der Waals surface area contributed by atoms with Crippen molar-refractivity contribution in [3.8, 4) is 5.75 Å². The Kier molecular flexibility index (Phi) is 3.51. The fraction of sp³-hybridized carbons (Fsp3) is 0.714. The summed E-state index contributed by atoms with van der Waals surface area (Å²) in [5, 5.41) is 9.16. The van der Waals surface area contributed by atoms with Crippen LogP contribution in [0, 0.1) is 11.3 Å². The van der Waals surface area contributed by atoms with Crippen LogP contribution < -0.4 is 4.74 Å². The molecule has 25 heavy (non-hydrogen) atoms. The summed E-state index contributed by atoms with van der Waals surface area (Å²) in [4.78, 5) is 2.60. The van der Waals surface area contributed by atoms with Crippen LogP contribution in [0.1, 0.15) is 36.8 Å². The Labute approximate surface area is 150 Å². The predicted molar refractivity (Wildman–Crippen MR) is 96.0 cm³/mol. The number of ether oxygens (including phenoxy) is 2. The summed E-state index contributed by atoms with van der Waals surface area (Å²) < 4.78 is 11.6. The van der Waals surface area contributed by atoms with Gasteiger partial charge in [-0.25, -0.2) is 0 Å². The van der Waals surface area contributed by atoms with Crippen LogP contribution in [0.3, 0.4) is 0 Å². The number of nitrogens with zero attached hydrogens (tertiary/aromatic N) is 1. The van der Waals surface area contributed by atoms with Crippen molar-refractivity contribution in [3.05, 3.63) is 29.3 Å². The number of hydrogen-bond donors (Lipinski definition) is 1. The van der Waals surface area contributed by atoms with Gasteiger partial charge >= 0.3 is 0 Å². The van der Waals surface area contributed by atoms with E-state index in [1.165, 1.54) is 36.9 Å². The van der Waals surface area contributed by atoms with E-state index in [4.69, 9.17) is 14.6 Å². The van der Waals surface area contributed by atoms with Crippen LogP contribution >= 0.6 is 0 Å². The Morgan fingerprint density at radius 2 is 2.20 bits per heavy atom. The van der Waals surface area contributed by atoms with E-state index in [9.17, 15) is 0 Å². The molecular formula is C21H29NO3. The Morgan fingerprint density at radius 1 is 1.32 bits per heavy atom. The number of hydrogen-bond acceptors (Lipinski definition) is 4. The first-order chi connectivity index (χ1) is 12.1. The Bertz CT molecular complexity index is 692. The average Bonchev–Trinajstić information content (AvgIpc) is 2.80. The molecule has 4 unspecified atom stereocenters. The largest absolute Gasteiger partial charge is 0.497 e. The fourth-order valence-corrected chi connectivity index (χ4v) is 7.20. The maximum Gasteiger partial charge on any atom is 0.119 e. The molecule has 2 saturated carbocycles. The lowest BCUT2D eigenvalue weighted by atomic mass is 9.59. The van der Waals surface area contributed by atoms with Gasteiger partial charge in [0.15, 0.2) is 0 Å². The second-order valence-corrected chi connectivity index (χ2v) is 8.86. The fourth-order valence-electron chi connectivity index (χ4n) is 7.20. The molecule has 0 aromatic heterocycles. The van der Waals surface area contributed by atoms with Crippen LogP contribution in [-0.4, -0.2) is 56.1 Å². The third-order valence-corrected chi connectivity index (χ3v) is 7.66. The van der Waals surface area contributed by atoms with Crippen molar-refractivity contribution in [2.24, 2.45) is 11.3 Å². The molecule has 4 nitrogen and oxygen atoms in total. The minimum atomic E-state index is 0.118. The summed E-state index contributed by atoms with van der Waals surface area (Å²) in [6.45, 7) is 1.82. The van der Waals surface area contributed by atoms with Gasteiger partial charge in [0.1, 0.15) is 5.75 Å². The number of benzene rings is 1. The van der Waals surface area contributed by atoms with Gasteiger partial charge in [0.05, 0.1) is 26.4 Å². The van der Waals surface area contributed by atoms with Crippen molar-refractivity contribution >= 4 is 0 Å². The quantitative estimate of drug-likeness (QED) is 0.911. The topological polar surface area (TPSA) is 41.9 Å². The molecule has 1 N–H and O–H groups in total. The molecule has 1 heterocycles. The van der Waals surface area contributed by atoms with E-state index >= 15 is 0 Å². The van der Waals surface area contributed by atoms with Gasteiger partial charge in [-0.1, -0.05) is 6.07 Å². The van der Waals surface area contributed by atoms with Gasteiger partial charge in [-0.05, 0) is 68.3 Å². The third-order valence-electron chi connectivity index (χ3n) is 7.66. The minimum absolute atomic E-state index is 0.118. The maximum absolute atomic E-state index is 9.16. The van der Waals surface area contributed by atoms with E-state index < -0.39 is 0 Å². The summed E-state index contributed by atoms with van der Waals surface area (Å²) in [5.41, 5.74) is 3.78. The van der Waals surface area contributed by atoms with E-state index in [-0.39, 0.29) is 18.1 Å². The van der Waals surface area contributed by atoms with Crippen molar-refractivity contribution in [3.63, 3.8) is 0 Å². The zero-order chi connectivity index (χ0) is 17.2. The highest BCUT2D eigenvalue weighted by molar-refractivity contribution is 5.49. The summed E-state index contributed by atoms with van der Waals surface area (Å²) in [6.07, 6.45) is 6.28. The van der Waals surface area contributed by atoms with Crippen molar-refractivity contribution in [2.75, 3.05) is 33.9 Å². The molecule has 136 valence electrons. The molecule has 5 rings (SSSR count). The third kappa shape index (κ3) is 2.05. The van der Waals surface area contributed by atoms with Gasteiger partial charge in [0.2, 0.25) is 0 Å². The second-order valence-electron chi connectivity index (χ2n) is 8.86. The zero-order valence-corrected chi connectivity index (χ0v) is 15.3. The van der Waals surface area contributed by atoms with Crippen molar-refractivity contribution < 1.29 is 14.6 Å². The second kappa shape index (κ2) is 5.45. The van der Waals surface area contributed by atoms with Gasteiger partial charge in [-0.15, -0.1) is 0 Å². The van der Waals surface area contributed by atoms with Gasteiger partial charge in [-0.2, -0.15) is 0 Å². The highest BCUT2D eigenvalue weighted by Gasteiger charge is 2.70. The summed E-state index contributed by atoms with van der Waals surface area (Å²) in [6, 6.07) is 7.48. The molecule has 1 aliphatic heterocycles. The Hall–Kier alpha value is -1.10. The van der Waals surface area contributed by atoms with E-state index in [0.717, 1.165) is 30.6 Å². The monoisotopic (exact) mass is 343 g/mol. The summed E-state index contributed by atoms with van der Waals surface area (Å²) in [5.74, 6) is 1.71. The molecule has 1 aromatic rings. The molecule has 0 amide bonds. The molecule has 1 aromatic carbocycles. The van der Waals surface area contributed by atoms with Crippen LogP contribution in [0.4, 0.5) is 0 Å². The molecule has 3 fully saturated rings.